The van der Waals surface area contributed by atoms with Crippen molar-refractivity contribution < 1.29 is 13.9 Å². The van der Waals surface area contributed by atoms with Gasteiger partial charge in [0.05, 0.1) is 5.41 Å². The standard InChI is InChI=1S/C16H23FN2O2.ClH/c1-18-9-10-19(2)15(20)16(7-11-21-12-8-16)13-3-5-14(17)6-4-13;/h3-6,18H,7-12H2,1-2H3;1H. The average molecular weight is 331 g/mol. The second-order valence-corrected chi connectivity index (χ2v) is 5.53. The van der Waals surface area contributed by atoms with Crippen LogP contribution in [-0.2, 0) is 14.9 Å². The molecule has 0 aliphatic carbocycles. The Hall–Kier alpha value is -1.17. The van der Waals surface area contributed by atoms with Gasteiger partial charge in [-0.05, 0) is 37.6 Å². The first-order chi connectivity index (χ1) is 10.1. The summed E-state index contributed by atoms with van der Waals surface area (Å²) in [6.07, 6.45) is 1.28. The minimum Gasteiger partial charge on any atom is -0.381 e. The molecule has 124 valence electrons. The fourth-order valence-corrected chi connectivity index (χ4v) is 2.86. The minimum absolute atomic E-state index is 0. The molecule has 1 N–H and O–H groups in total. The number of amides is 1. The fraction of sp³-hybridized carbons (Fsp3) is 0.562. The van der Waals surface area contributed by atoms with Crippen LogP contribution in [0.25, 0.3) is 0 Å². The summed E-state index contributed by atoms with van der Waals surface area (Å²) in [4.78, 5) is 14.7. The molecule has 0 bridgehead atoms. The van der Waals surface area contributed by atoms with Gasteiger partial charge in [0.1, 0.15) is 5.82 Å². The van der Waals surface area contributed by atoms with Crippen molar-refractivity contribution >= 4 is 18.3 Å². The monoisotopic (exact) mass is 330 g/mol. The summed E-state index contributed by atoms with van der Waals surface area (Å²) < 4.78 is 18.6. The van der Waals surface area contributed by atoms with Crippen molar-refractivity contribution in [2.75, 3.05) is 40.4 Å². The summed E-state index contributed by atoms with van der Waals surface area (Å²) in [6.45, 7) is 2.52. The Morgan fingerprint density at radius 3 is 2.45 bits per heavy atom. The Labute approximate surface area is 137 Å². The number of nitrogens with zero attached hydrogens (tertiary/aromatic N) is 1. The maximum absolute atomic E-state index is 13.2. The van der Waals surface area contributed by atoms with Gasteiger partial charge in [0, 0.05) is 33.4 Å². The van der Waals surface area contributed by atoms with E-state index in [1.54, 1.807) is 17.0 Å². The molecule has 1 aromatic rings. The fourth-order valence-electron chi connectivity index (χ4n) is 2.86. The molecular formula is C16H24ClFN2O2. The average Bonchev–Trinajstić information content (AvgIpc) is 2.53. The molecule has 1 aliphatic rings. The van der Waals surface area contributed by atoms with E-state index in [1.807, 2.05) is 14.1 Å². The Bertz CT molecular complexity index is 476. The van der Waals surface area contributed by atoms with Crippen molar-refractivity contribution in [2.24, 2.45) is 0 Å². The molecule has 0 saturated carbocycles. The van der Waals surface area contributed by atoms with Gasteiger partial charge in [0.25, 0.3) is 0 Å². The Morgan fingerprint density at radius 1 is 1.32 bits per heavy atom. The molecule has 1 aromatic carbocycles. The molecule has 1 amide bonds. The van der Waals surface area contributed by atoms with E-state index in [0.29, 0.717) is 32.6 Å². The van der Waals surface area contributed by atoms with Gasteiger partial charge in [-0.3, -0.25) is 4.79 Å². The molecule has 1 saturated heterocycles. The zero-order valence-electron chi connectivity index (χ0n) is 13.1. The van der Waals surface area contributed by atoms with Crippen LogP contribution >= 0.6 is 12.4 Å². The highest BCUT2D eigenvalue weighted by Crippen LogP contribution is 2.36. The number of carbonyl (C=O) groups is 1. The van der Waals surface area contributed by atoms with Gasteiger partial charge in [-0.1, -0.05) is 12.1 Å². The maximum atomic E-state index is 13.2. The summed E-state index contributed by atoms with van der Waals surface area (Å²) in [5, 5.41) is 3.05. The first kappa shape index (κ1) is 18.9. The lowest BCUT2D eigenvalue weighted by Crippen LogP contribution is -2.49. The number of rotatable bonds is 5. The normalized spacial score (nSPS) is 16.7. The number of halogens is 2. The van der Waals surface area contributed by atoms with Crippen LogP contribution in [0, 0.1) is 5.82 Å². The molecule has 0 radical (unpaired) electrons. The smallest absolute Gasteiger partial charge is 0.233 e. The van der Waals surface area contributed by atoms with E-state index in [4.69, 9.17) is 4.74 Å². The van der Waals surface area contributed by atoms with Gasteiger partial charge in [-0.2, -0.15) is 0 Å². The Kier molecular flexibility index (Phi) is 7.26. The van der Waals surface area contributed by atoms with Crippen molar-refractivity contribution in [3.63, 3.8) is 0 Å². The van der Waals surface area contributed by atoms with Crippen LogP contribution in [0.15, 0.2) is 24.3 Å². The van der Waals surface area contributed by atoms with Crippen LogP contribution in [0.1, 0.15) is 18.4 Å². The van der Waals surface area contributed by atoms with Crippen LogP contribution in [0.4, 0.5) is 4.39 Å². The van der Waals surface area contributed by atoms with Crippen LogP contribution in [0.5, 0.6) is 0 Å². The van der Waals surface area contributed by atoms with E-state index >= 15 is 0 Å². The number of nitrogens with one attached hydrogen (secondary N) is 1. The van der Waals surface area contributed by atoms with Gasteiger partial charge >= 0.3 is 0 Å². The van der Waals surface area contributed by atoms with Crippen LogP contribution in [0.3, 0.4) is 0 Å². The van der Waals surface area contributed by atoms with E-state index in [9.17, 15) is 9.18 Å². The molecule has 1 aliphatic heterocycles. The molecule has 22 heavy (non-hydrogen) atoms. The zero-order chi connectivity index (χ0) is 15.3. The second-order valence-electron chi connectivity index (χ2n) is 5.53. The third kappa shape index (κ3) is 3.97. The number of hydrogen-bond acceptors (Lipinski definition) is 3. The Morgan fingerprint density at radius 2 is 1.91 bits per heavy atom. The summed E-state index contributed by atoms with van der Waals surface area (Å²) in [6, 6.07) is 6.30. The first-order valence-corrected chi connectivity index (χ1v) is 7.34. The molecule has 4 nitrogen and oxygen atoms in total. The summed E-state index contributed by atoms with van der Waals surface area (Å²) in [5.41, 5.74) is 0.294. The lowest BCUT2D eigenvalue weighted by Gasteiger charge is -2.39. The van der Waals surface area contributed by atoms with Crippen molar-refractivity contribution in [1.29, 1.82) is 0 Å². The highest BCUT2D eigenvalue weighted by Gasteiger charge is 2.43. The second kappa shape index (κ2) is 8.46. The van der Waals surface area contributed by atoms with Crippen molar-refractivity contribution in [3.8, 4) is 0 Å². The van der Waals surface area contributed by atoms with Crippen LogP contribution < -0.4 is 5.32 Å². The largest absolute Gasteiger partial charge is 0.381 e. The lowest BCUT2D eigenvalue weighted by molar-refractivity contribution is -0.140. The number of ether oxygens (including phenoxy) is 1. The summed E-state index contributed by atoms with van der Waals surface area (Å²) >= 11 is 0. The first-order valence-electron chi connectivity index (χ1n) is 7.34. The van der Waals surface area contributed by atoms with E-state index < -0.39 is 5.41 Å². The van der Waals surface area contributed by atoms with E-state index in [-0.39, 0.29) is 24.1 Å². The molecule has 2 rings (SSSR count). The third-order valence-electron chi connectivity index (χ3n) is 4.20. The van der Waals surface area contributed by atoms with E-state index in [2.05, 4.69) is 5.32 Å². The van der Waals surface area contributed by atoms with E-state index in [0.717, 1.165) is 12.1 Å². The van der Waals surface area contributed by atoms with Crippen molar-refractivity contribution in [1.82, 2.24) is 10.2 Å². The molecule has 1 heterocycles. The summed E-state index contributed by atoms with van der Waals surface area (Å²) in [5.74, 6) is -0.190. The molecule has 1 fully saturated rings. The minimum atomic E-state index is -0.589. The van der Waals surface area contributed by atoms with Gasteiger partial charge < -0.3 is 15.0 Å². The third-order valence-corrected chi connectivity index (χ3v) is 4.20. The van der Waals surface area contributed by atoms with Gasteiger partial charge in [0.2, 0.25) is 5.91 Å². The highest BCUT2D eigenvalue weighted by molar-refractivity contribution is 5.88. The molecule has 6 heteroatoms. The van der Waals surface area contributed by atoms with Gasteiger partial charge in [-0.15, -0.1) is 12.4 Å². The topological polar surface area (TPSA) is 41.6 Å². The maximum Gasteiger partial charge on any atom is 0.233 e. The van der Waals surface area contributed by atoms with Gasteiger partial charge in [0.15, 0.2) is 0 Å². The predicted octanol–water partition coefficient (Wildman–Crippen LogP) is 1.97. The number of benzene rings is 1. The van der Waals surface area contributed by atoms with E-state index in [1.165, 1.54) is 12.1 Å². The molecular weight excluding hydrogens is 307 g/mol. The van der Waals surface area contributed by atoms with Crippen LogP contribution in [-0.4, -0.2) is 51.2 Å². The lowest BCUT2D eigenvalue weighted by atomic mass is 9.73. The zero-order valence-corrected chi connectivity index (χ0v) is 13.9. The summed E-state index contributed by atoms with van der Waals surface area (Å²) in [7, 11) is 3.68. The predicted molar refractivity (Wildman–Crippen MR) is 86.9 cm³/mol. The Balaban J connectivity index is 0.00000242. The quantitative estimate of drug-likeness (QED) is 0.897. The SMILES string of the molecule is CNCCN(C)C(=O)C1(c2ccc(F)cc2)CCOCC1.Cl. The van der Waals surface area contributed by atoms with Gasteiger partial charge in [-0.25, -0.2) is 4.39 Å². The molecule has 0 atom stereocenters. The molecule has 0 spiro atoms. The number of hydrogen-bond donors (Lipinski definition) is 1. The molecule has 0 unspecified atom stereocenters. The van der Waals surface area contributed by atoms with Crippen molar-refractivity contribution in [2.45, 2.75) is 18.3 Å². The highest BCUT2D eigenvalue weighted by atomic mass is 35.5. The van der Waals surface area contributed by atoms with Crippen molar-refractivity contribution in [3.05, 3.63) is 35.6 Å². The number of carbonyl (C=O) groups excluding carboxylic acids is 1. The van der Waals surface area contributed by atoms with Crippen LogP contribution in [0.2, 0.25) is 0 Å². The molecule has 0 aromatic heterocycles. The number of likely N-dealkylation sites (N-methyl/N-ethyl adjacent to an activating group) is 2.